The van der Waals surface area contributed by atoms with Gasteiger partial charge in [0.1, 0.15) is 11.6 Å². The molecule has 0 aliphatic carbocycles. The highest BCUT2D eigenvalue weighted by atomic mass is 16.3. The number of amides is 1. The predicted molar refractivity (Wildman–Crippen MR) is 67.6 cm³/mol. The first kappa shape index (κ1) is 12.0. The number of nitrogens with zero attached hydrogens (tertiary/aromatic N) is 2. The molecule has 2 rings (SSSR count). The van der Waals surface area contributed by atoms with Gasteiger partial charge in [0.25, 0.3) is 5.91 Å². The molecule has 0 aliphatic heterocycles. The molecule has 2 aromatic heterocycles. The van der Waals surface area contributed by atoms with Crippen LogP contribution in [0.5, 0.6) is 5.75 Å². The van der Waals surface area contributed by atoms with Crippen LogP contribution in [0.3, 0.4) is 0 Å². The summed E-state index contributed by atoms with van der Waals surface area (Å²) in [4.78, 5) is 19.8. The standard InChI is InChI=1S/C13H13N3O2/c1-8-3-9(2)15-12(4-8)16-13(18)10-5-11(17)7-14-6-10/h3-7,17H,1-2H3,(H,15,16,18). The van der Waals surface area contributed by atoms with Gasteiger partial charge in [0.2, 0.25) is 0 Å². The Labute approximate surface area is 105 Å². The first-order valence-corrected chi connectivity index (χ1v) is 5.45. The summed E-state index contributed by atoms with van der Waals surface area (Å²) in [5.41, 5.74) is 2.14. The molecule has 0 spiro atoms. The Morgan fingerprint density at radius 1 is 1.22 bits per heavy atom. The summed E-state index contributed by atoms with van der Waals surface area (Å²) < 4.78 is 0. The molecule has 5 heteroatoms. The number of aromatic hydroxyl groups is 1. The summed E-state index contributed by atoms with van der Waals surface area (Å²) in [6, 6.07) is 5.05. The molecule has 0 saturated carbocycles. The minimum absolute atomic E-state index is 0.0453. The highest BCUT2D eigenvalue weighted by Crippen LogP contribution is 2.13. The predicted octanol–water partition coefficient (Wildman–Crippen LogP) is 2.05. The van der Waals surface area contributed by atoms with Crippen LogP contribution in [-0.4, -0.2) is 21.0 Å². The number of hydrogen-bond acceptors (Lipinski definition) is 4. The summed E-state index contributed by atoms with van der Waals surface area (Å²) in [5, 5.41) is 11.9. The van der Waals surface area contributed by atoms with Crippen molar-refractivity contribution in [2.75, 3.05) is 5.32 Å². The van der Waals surface area contributed by atoms with E-state index in [1.165, 1.54) is 18.5 Å². The second-order valence-corrected chi connectivity index (χ2v) is 4.06. The zero-order valence-electron chi connectivity index (χ0n) is 10.1. The largest absolute Gasteiger partial charge is 0.506 e. The fraction of sp³-hybridized carbons (Fsp3) is 0.154. The van der Waals surface area contributed by atoms with Gasteiger partial charge in [-0.05, 0) is 37.6 Å². The monoisotopic (exact) mass is 243 g/mol. The summed E-state index contributed by atoms with van der Waals surface area (Å²) in [5.74, 6) is 0.0905. The first-order chi connectivity index (χ1) is 8.54. The van der Waals surface area contributed by atoms with Crippen molar-refractivity contribution in [1.82, 2.24) is 9.97 Å². The third-order valence-electron chi connectivity index (χ3n) is 2.33. The maximum atomic E-state index is 11.9. The normalized spacial score (nSPS) is 10.1. The second-order valence-electron chi connectivity index (χ2n) is 4.06. The molecule has 0 saturated heterocycles. The minimum Gasteiger partial charge on any atom is -0.506 e. The smallest absolute Gasteiger partial charge is 0.258 e. The number of pyridine rings is 2. The van der Waals surface area contributed by atoms with Crippen molar-refractivity contribution in [2.24, 2.45) is 0 Å². The molecule has 0 unspecified atom stereocenters. The zero-order chi connectivity index (χ0) is 13.1. The van der Waals surface area contributed by atoms with Crippen LogP contribution in [0.15, 0.2) is 30.6 Å². The third-order valence-corrected chi connectivity index (χ3v) is 2.33. The molecule has 2 N–H and O–H groups in total. The van der Waals surface area contributed by atoms with Crippen molar-refractivity contribution in [2.45, 2.75) is 13.8 Å². The molecule has 2 heterocycles. The van der Waals surface area contributed by atoms with Crippen LogP contribution in [0.25, 0.3) is 0 Å². The molecular weight excluding hydrogens is 230 g/mol. The van der Waals surface area contributed by atoms with E-state index in [1.54, 1.807) is 6.07 Å². The van der Waals surface area contributed by atoms with Gasteiger partial charge < -0.3 is 10.4 Å². The van der Waals surface area contributed by atoms with Crippen molar-refractivity contribution in [3.8, 4) is 5.75 Å². The highest BCUT2D eigenvalue weighted by molar-refractivity contribution is 6.03. The molecule has 0 bridgehead atoms. The van der Waals surface area contributed by atoms with Crippen molar-refractivity contribution < 1.29 is 9.90 Å². The van der Waals surface area contributed by atoms with Crippen LogP contribution in [0.4, 0.5) is 5.82 Å². The summed E-state index contributed by atoms with van der Waals surface area (Å²) >= 11 is 0. The van der Waals surface area contributed by atoms with Crippen molar-refractivity contribution >= 4 is 11.7 Å². The van der Waals surface area contributed by atoms with E-state index in [1.807, 2.05) is 19.9 Å². The number of nitrogens with one attached hydrogen (secondary N) is 1. The van der Waals surface area contributed by atoms with Gasteiger partial charge in [-0.15, -0.1) is 0 Å². The number of aryl methyl sites for hydroxylation is 2. The maximum Gasteiger partial charge on any atom is 0.258 e. The molecule has 0 radical (unpaired) electrons. The lowest BCUT2D eigenvalue weighted by Gasteiger charge is -2.06. The summed E-state index contributed by atoms with van der Waals surface area (Å²) in [7, 11) is 0. The fourth-order valence-electron chi connectivity index (χ4n) is 1.65. The Hall–Kier alpha value is -2.43. The minimum atomic E-state index is -0.351. The first-order valence-electron chi connectivity index (χ1n) is 5.45. The average Bonchev–Trinajstić information content (AvgIpc) is 2.27. The molecule has 92 valence electrons. The van der Waals surface area contributed by atoms with Gasteiger partial charge >= 0.3 is 0 Å². The van der Waals surface area contributed by atoms with Gasteiger partial charge in [0, 0.05) is 11.9 Å². The van der Waals surface area contributed by atoms with E-state index in [0.29, 0.717) is 5.82 Å². The Morgan fingerprint density at radius 2 is 2.00 bits per heavy atom. The lowest BCUT2D eigenvalue weighted by atomic mass is 10.2. The number of carbonyl (C=O) groups is 1. The van der Waals surface area contributed by atoms with E-state index in [2.05, 4.69) is 15.3 Å². The van der Waals surface area contributed by atoms with Gasteiger partial charge in [0.05, 0.1) is 11.8 Å². The molecule has 0 aromatic carbocycles. The molecule has 0 atom stereocenters. The Balaban J connectivity index is 2.21. The highest BCUT2D eigenvalue weighted by Gasteiger charge is 2.08. The van der Waals surface area contributed by atoms with Gasteiger partial charge in [-0.3, -0.25) is 9.78 Å². The van der Waals surface area contributed by atoms with Crippen LogP contribution in [0, 0.1) is 13.8 Å². The van der Waals surface area contributed by atoms with E-state index in [0.717, 1.165) is 11.3 Å². The Bertz CT molecular complexity index is 576. The van der Waals surface area contributed by atoms with Gasteiger partial charge in [-0.2, -0.15) is 0 Å². The number of carbonyl (C=O) groups excluding carboxylic acids is 1. The fourth-order valence-corrected chi connectivity index (χ4v) is 1.65. The second kappa shape index (κ2) is 4.83. The number of anilines is 1. The van der Waals surface area contributed by atoms with Crippen LogP contribution >= 0.6 is 0 Å². The quantitative estimate of drug-likeness (QED) is 0.846. The number of hydrogen-bond donors (Lipinski definition) is 2. The molecule has 1 amide bonds. The summed E-state index contributed by atoms with van der Waals surface area (Å²) in [6.07, 6.45) is 2.66. The number of rotatable bonds is 2. The van der Waals surface area contributed by atoms with Gasteiger partial charge in [-0.25, -0.2) is 4.98 Å². The third kappa shape index (κ3) is 2.82. The lowest BCUT2D eigenvalue weighted by Crippen LogP contribution is -2.13. The zero-order valence-corrected chi connectivity index (χ0v) is 10.1. The van der Waals surface area contributed by atoms with Crippen LogP contribution in [0.1, 0.15) is 21.6 Å². The van der Waals surface area contributed by atoms with Crippen LogP contribution < -0.4 is 5.32 Å². The van der Waals surface area contributed by atoms with E-state index < -0.39 is 0 Å². The Kier molecular flexibility index (Phi) is 3.23. The van der Waals surface area contributed by atoms with E-state index in [9.17, 15) is 9.90 Å². The molecule has 0 aliphatic rings. The van der Waals surface area contributed by atoms with Crippen LogP contribution in [-0.2, 0) is 0 Å². The van der Waals surface area contributed by atoms with Crippen molar-refractivity contribution in [3.05, 3.63) is 47.4 Å². The van der Waals surface area contributed by atoms with Crippen molar-refractivity contribution in [1.29, 1.82) is 0 Å². The lowest BCUT2D eigenvalue weighted by molar-refractivity contribution is 0.102. The van der Waals surface area contributed by atoms with Gasteiger partial charge in [0.15, 0.2) is 0 Å². The van der Waals surface area contributed by atoms with E-state index >= 15 is 0 Å². The number of aromatic nitrogens is 2. The topological polar surface area (TPSA) is 75.1 Å². The van der Waals surface area contributed by atoms with Gasteiger partial charge in [-0.1, -0.05) is 0 Å². The summed E-state index contributed by atoms with van der Waals surface area (Å²) in [6.45, 7) is 3.79. The molecular formula is C13H13N3O2. The average molecular weight is 243 g/mol. The molecule has 2 aromatic rings. The SMILES string of the molecule is Cc1cc(C)nc(NC(=O)c2cncc(O)c2)c1. The van der Waals surface area contributed by atoms with E-state index in [-0.39, 0.29) is 17.2 Å². The molecule has 0 fully saturated rings. The van der Waals surface area contributed by atoms with Crippen LogP contribution in [0.2, 0.25) is 0 Å². The Morgan fingerprint density at radius 3 is 2.67 bits per heavy atom. The molecule has 5 nitrogen and oxygen atoms in total. The van der Waals surface area contributed by atoms with Crippen molar-refractivity contribution in [3.63, 3.8) is 0 Å². The maximum absolute atomic E-state index is 11.9. The van der Waals surface area contributed by atoms with E-state index in [4.69, 9.17) is 0 Å². The molecule has 18 heavy (non-hydrogen) atoms.